The van der Waals surface area contributed by atoms with E-state index in [1.807, 2.05) is 35.0 Å². The van der Waals surface area contributed by atoms with Gasteiger partial charge in [0.05, 0.1) is 17.1 Å². The molecule has 0 atom stereocenters. The Hall–Kier alpha value is -1.85. The molecule has 3 nitrogen and oxygen atoms in total. The maximum Gasteiger partial charge on any atom is 0.175 e. The molecule has 92 valence electrons. The third-order valence-electron chi connectivity index (χ3n) is 2.37. The van der Waals surface area contributed by atoms with Gasteiger partial charge in [0.15, 0.2) is 5.11 Å². The third kappa shape index (κ3) is 2.88. The van der Waals surface area contributed by atoms with Crippen LogP contribution in [0.25, 0.3) is 6.08 Å². The van der Waals surface area contributed by atoms with E-state index in [0.29, 0.717) is 10.8 Å². The zero-order chi connectivity index (χ0) is 13.0. The van der Waals surface area contributed by atoms with Crippen LogP contribution < -0.4 is 16.4 Å². The molecule has 5 heteroatoms. The van der Waals surface area contributed by atoms with Crippen molar-refractivity contribution in [1.82, 2.24) is 0 Å². The van der Waals surface area contributed by atoms with Crippen LogP contribution in [0.5, 0.6) is 0 Å². The molecule has 18 heavy (non-hydrogen) atoms. The lowest BCUT2D eigenvalue weighted by Crippen LogP contribution is -2.19. The van der Waals surface area contributed by atoms with Gasteiger partial charge >= 0.3 is 0 Å². The Morgan fingerprint density at radius 2 is 1.94 bits per heavy atom. The zero-order valence-electron chi connectivity index (χ0n) is 9.64. The molecule has 0 saturated heterocycles. The maximum absolute atomic E-state index is 5.83. The minimum atomic E-state index is 0.509. The molecule has 2 aromatic rings. The van der Waals surface area contributed by atoms with E-state index in [4.69, 9.17) is 18.0 Å². The Bertz CT molecular complexity index is 575. The van der Waals surface area contributed by atoms with Crippen molar-refractivity contribution in [3.63, 3.8) is 0 Å². The van der Waals surface area contributed by atoms with Crippen molar-refractivity contribution < 1.29 is 0 Å². The van der Waals surface area contributed by atoms with Crippen molar-refractivity contribution in [1.29, 1.82) is 0 Å². The number of anilines is 3. The highest BCUT2D eigenvalue weighted by Crippen LogP contribution is 2.23. The average Bonchev–Trinajstić information content (AvgIpc) is 2.79. The first-order chi connectivity index (χ1) is 8.70. The van der Waals surface area contributed by atoms with Crippen LogP contribution >= 0.6 is 23.6 Å². The second-order valence-electron chi connectivity index (χ2n) is 3.61. The summed E-state index contributed by atoms with van der Waals surface area (Å²) in [5, 5.41) is 10.7. The highest BCUT2D eigenvalue weighted by atomic mass is 32.1. The predicted molar refractivity (Wildman–Crippen MR) is 85.1 cm³/mol. The zero-order valence-corrected chi connectivity index (χ0v) is 11.3. The molecule has 0 aliphatic carbocycles. The fourth-order valence-electron chi connectivity index (χ4n) is 1.45. The Kier molecular flexibility index (Phi) is 3.96. The van der Waals surface area contributed by atoms with Gasteiger partial charge in [0, 0.05) is 16.3 Å². The van der Waals surface area contributed by atoms with Crippen LogP contribution in [0.4, 0.5) is 17.1 Å². The first-order valence-electron chi connectivity index (χ1n) is 5.32. The van der Waals surface area contributed by atoms with E-state index in [2.05, 4.69) is 17.2 Å². The fraction of sp³-hybridized carbons (Fsp3) is 0. The number of hydrogen-bond acceptors (Lipinski definition) is 3. The SMILES string of the molecule is C=Cc1cscc1NC(=S)Nc1ccccc1N. The van der Waals surface area contributed by atoms with Crippen LogP contribution in [0.3, 0.4) is 0 Å². The average molecular weight is 275 g/mol. The summed E-state index contributed by atoms with van der Waals surface area (Å²) in [6, 6.07) is 7.49. The summed E-state index contributed by atoms with van der Waals surface area (Å²) in [5.74, 6) is 0. The number of thiocarbonyl (C=S) groups is 1. The number of nitrogens with two attached hydrogens (primary N) is 1. The smallest absolute Gasteiger partial charge is 0.175 e. The largest absolute Gasteiger partial charge is 0.397 e. The van der Waals surface area contributed by atoms with Gasteiger partial charge in [0.25, 0.3) is 0 Å². The van der Waals surface area contributed by atoms with E-state index in [1.165, 1.54) is 0 Å². The molecular formula is C13H13N3S2. The minimum absolute atomic E-state index is 0.509. The van der Waals surface area contributed by atoms with E-state index in [0.717, 1.165) is 16.9 Å². The lowest BCUT2D eigenvalue weighted by molar-refractivity contribution is 1.61. The van der Waals surface area contributed by atoms with Crippen molar-refractivity contribution in [2.45, 2.75) is 0 Å². The van der Waals surface area contributed by atoms with E-state index < -0.39 is 0 Å². The lowest BCUT2D eigenvalue weighted by atomic mass is 10.3. The number of hydrogen-bond donors (Lipinski definition) is 3. The van der Waals surface area contributed by atoms with Crippen molar-refractivity contribution in [2.75, 3.05) is 16.4 Å². The first kappa shape index (κ1) is 12.6. The summed E-state index contributed by atoms with van der Waals surface area (Å²) in [6.07, 6.45) is 1.79. The molecule has 1 aromatic carbocycles. The topological polar surface area (TPSA) is 50.1 Å². The summed E-state index contributed by atoms with van der Waals surface area (Å²) in [4.78, 5) is 0. The normalized spacial score (nSPS) is 9.78. The molecule has 2 rings (SSSR count). The molecule has 0 aliphatic rings. The third-order valence-corrected chi connectivity index (χ3v) is 3.33. The van der Waals surface area contributed by atoms with Gasteiger partial charge in [-0.15, -0.1) is 11.3 Å². The van der Waals surface area contributed by atoms with Crippen LogP contribution in [-0.4, -0.2) is 5.11 Å². The van der Waals surface area contributed by atoms with Gasteiger partial charge in [0.1, 0.15) is 0 Å². The molecular weight excluding hydrogens is 262 g/mol. The van der Waals surface area contributed by atoms with E-state index in [9.17, 15) is 0 Å². The molecule has 0 saturated carbocycles. The summed E-state index contributed by atoms with van der Waals surface area (Å²) < 4.78 is 0. The number of nitrogens with one attached hydrogen (secondary N) is 2. The maximum atomic E-state index is 5.83. The number of para-hydroxylation sites is 2. The van der Waals surface area contributed by atoms with Gasteiger partial charge < -0.3 is 16.4 Å². The molecule has 1 aromatic heterocycles. The quantitative estimate of drug-likeness (QED) is 0.589. The van der Waals surface area contributed by atoms with Crippen molar-refractivity contribution >= 4 is 51.8 Å². The van der Waals surface area contributed by atoms with Gasteiger partial charge in [-0.3, -0.25) is 0 Å². The Morgan fingerprint density at radius 1 is 1.22 bits per heavy atom. The fourth-order valence-corrected chi connectivity index (χ4v) is 2.44. The molecule has 0 unspecified atom stereocenters. The number of thiophene rings is 1. The van der Waals surface area contributed by atoms with Gasteiger partial charge in [-0.1, -0.05) is 24.8 Å². The lowest BCUT2D eigenvalue weighted by Gasteiger charge is -2.11. The molecule has 0 fully saturated rings. The predicted octanol–water partition coefficient (Wildman–Crippen LogP) is 3.78. The van der Waals surface area contributed by atoms with E-state index in [1.54, 1.807) is 17.4 Å². The summed E-state index contributed by atoms with van der Waals surface area (Å²) in [7, 11) is 0. The molecule has 0 spiro atoms. The van der Waals surface area contributed by atoms with Crippen molar-refractivity contribution in [3.05, 3.63) is 47.2 Å². The second kappa shape index (κ2) is 5.66. The molecule has 1 heterocycles. The summed E-state index contributed by atoms with van der Waals surface area (Å²) >= 11 is 6.84. The summed E-state index contributed by atoms with van der Waals surface area (Å²) in [5.41, 5.74) is 9.27. The molecule has 0 amide bonds. The van der Waals surface area contributed by atoms with Crippen LogP contribution in [0, 0.1) is 0 Å². The second-order valence-corrected chi connectivity index (χ2v) is 4.76. The van der Waals surface area contributed by atoms with Gasteiger partial charge in [-0.05, 0) is 24.4 Å². The van der Waals surface area contributed by atoms with Gasteiger partial charge in [-0.2, -0.15) is 0 Å². The van der Waals surface area contributed by atoms with Crippen LogP contribution in [-0.2, 0) is 0 Å². The highest BCUT2D eigenvalue weighted by Gasteiger charge is 2.04. The highest BCUT2D eigenvalue weighted by molar-refractivity contribution is 7.80. The molecule has 0 radical (unpaired) electrons. The Morgan fingerprint density at radius 3 is 2.67 bits per heavy atom. The number of rotatable bonds is 3. The van der Waals surface area contributed by atoms with E-state index in [-0.39, 0.29) is 0 Å². The number of nitrogen functional groups attached to an aromatic ring is 1. The van der Waals surface area contributed by atoms with Gasteiger partial charge in [-0.25, -0.2) is 0 Å². The van der Waals surface area contributed by atoms with E-state index >= 15 is 0 Å². The Labute approximate surface area is 115 Å². The molecule has 0 aliphatic heterocycles. The monoisotopic (exact) mass is 275 g/mol. The van der Waals surface area contributed by atoms with Crippen molar-refractivity contribution in [3.8, 4) is 0 Å². The first-order valence-corrected chi connectivity index (χ1v) is 6.67. The van der Waals surface area contributed by atoms with Crippen LogP contribution in [0.1, 0.15) is 5.56 Å². The minimum Gasteiger partial charge on any atom is -0.397 e. The van der Waals surface area contributed by atoms with Gasteiger partial charge in [0.2, 0.25) is 0 Å². The van der Waals surface area contributed by atoms with Crippen LogP contribution in [0.15, 0.2) is 41.6 Å². The molecule has 4 N–H and O–H groups in total. The van der Waals surface area contributed by atoms with Crippen molar-refractivity contribution in [2.24, 2.45) is 0 Å². The van der Waals surface area contributed by atoms with Crippen LogP contribution in [0.2, 0.25) is 0 Å². The standard InChI is InChI=1S/C13H13N3S2/c1-2-9-7-18-8-12(9)16-13(17)15-11-6-4-3-5-10(11)14/h2-8H,1,14H2,(H2,15,16,17). The Balaban J connectivity index is 2.06. The summed E-state index contributed by atoms with van der Waals surface area (Å²) in [6.45, 7) is 3.75. The molecule has 0 bridgehead atoms. The number of benzene rings is 1.